The molecule has 0 spiro atoms. The average molecular weight is 478 g/mol. The van der Waals surface area contributed by atoms with Gasteiger partial charge in [-0.2, -0.15) is 0 Å². The van der Waals surface area contributed by atoms with Gasteiger partial charge in [0.25, 0.3) is 11.8 Å². The number of likely N-dealkylation sites (tertiary alicyclic amines) is 1. The molecule has 178 valence electrons. The lowest BCUT2D eigenvalue weighted by Crippen LogP contribution is -2.40. The third-order valence-corrected chi connectivity index (χ3v) is 7.07. The summed E-state index contributed by atoms with van der Waals surface area (Å²) in [7, 11) is 1.69. The summed E-state index contributed by atoms with van der Waals surface area (Å²) in [6.45, 7) is 2.97. The minimum absolute atomic E-state index is 0.0622. The molecule has 34 heavy (non-hydrogen) atoms. The van der Waals surface area contributed by atoms with Gasteiger partial charge >= 0.3 is 0 Å². The van der Waals surface area contributed by atoms with Crippen LogP contribution in [-0.2, 0) is 6.54 Å². The molecule has 1 aromatic heterocycles. The Morgan fingerprint density at radius 1 is 0.941 bits per heavy atom. The number of nitrogens with one attached hydrogen (secondary N) is 2. The van der Waals surface area contributed by atoms with E-state index in [1.54, 1.807) is 25.3 Å². The van der Waals surface area contributed by atoms with Crippen LogP contribution in [0.25, 0.3) is 0 Å². The van der Waals surface area contributed by atoms with Crippen LogP contribution >= 0.6 is 11.3 Å². The second-order valence-corrected chi connectivity index (χ2v) is 9.37. The quantitative estimate of drug-likeness (QED) is 0.471. The third-order valence-electron chi connectivity index (χ3n) is 6.20. The van der Waals surface area contributed by atoms with Crippen LogP contribution in [-0.4, -0.2) is 43.5 Å². The number of hydrogen-bond donors (Lipinski definition) is 2. The SMILES string of the molecule is COc1ccccc1C(CNC(=O)c1ccc(CNC(=O)c2cccs2)cc1)N1CCCCC1. The number of methoxy groups -OCH3 is 1. The van der Waals surface area contributed by atoms with Crippen LogP contribution < -0.4 is 15.4 Å². The topological polar surface area (TPSA) is 70.7 Å². The molecular weight excluding hydrogens is 446 g/mol. The third kappa shape index (κ3) is 6.04. The summed E-state index contributed by atoms with van der Waals surface area (Å²) in [5, 5.41) is 7.92. The van der Waals surface area contributed by atoms with E-state index in [0.717, 1.165) is 30.0 Å². The lowest BCUT2D eigenvalue weighted by atomic mass is 10.0. The van der Waals surface area contributed by atoms with Crippen LogP contribution in [0.5, 0.6) is 5.75 Å². The molecule has 4 rings (SSSR count). The van der Waals surface area contributed by atoms with Crippen LogP contribution in [0.1, 0.15) is 56.5 Å². The molecule has 3 aromatic rings. The first kappa shape index (κ1) is 24.0. The Balaban J connectivity index is 1.37. The van der Waals surface area contributed by atoms with E-state index in [0.29, 0.717) is 23.5 Å². The van der Waals surface area contributed by atoms with Gasteiger partial charge in [-0.05, 0) is 61.1 Å². The van der Waals surface area contributed by atoms with Gasteiger partial charge in [-0.3, -0.25) is 14.5 Å². The van der Waals surface area contributed by atoms with Gasteiger partial charge in [0.15, 0.2) is 0 Å². The zero-order chi connectivity index (χ0) is 23.8. The number of ether oxygens (including phenoxy) is 1. The Labute approximate surface area is 204 Å². The average Bonchev–Trinajstić information content (AvgIpc) is 3.44. The predicted molar refractivity (Wildman–Crippen MR) is 135 cm³/mol. The van der Waals surface area contributed by atoms with E-state index in [9.17, 15) is 9.59 Å². The number of benzene rings is 2. The molecule has 2 N–H and O–H groups in total. The molecule has 1 aliphatic rings. The predicted octanol–water partition coefficient (Wildman–Crippen LogP) is 4.64. The van der Waals surface area contributed by atoms with Gasteiger partial charge in [-0.15, -0.1) is 11.3 Å². The fourth-order valence-corrected chi connectivity index (χ4v) is 4.99. The van der Waals surface area contributed by atoms with E-state index in [4.69, 9.17) is 4.74 Å². The van der Waals surface area contributed by atoms with Crippen molar-refractivity contribution in [2.45, 2.75) is 31.8 Å². The van der Waals surface area contributed by atoms with Crippen molar-refractivity contribution in [3.05, 3.63) is 87.6 Å². The summed E-state index contributed by atoms with van der Waals surface area (Å²) in [6, 6.07) is 19.2. The Bertz CT molecular complexity index is 1080. The highest BCUT2D eigenvalue weighted by Crippen LogP contribution is 2.31. The molecule has 1 aliphatic heterocycles. The highest BCUT2D eigenvalue weighted by atomic mass is 32.1. The maximum atomic E-state index is 12.9. The Morgan fingerprint density at radius 2 is 1.71 bits per heavy atom. The van der Waals surface area contributed by atoms with E-state index in [2.05, 4.69) is 21.6 Å². The number of hydrogen-bond acceptors (Lipinski definition) is 5. The van der Waals surface area contributed by atoms with E-state index < -0.39 is 0 Å². The van der Waals surface area contributed by atoms with Crippen LogP contribution in [0, 0.1) is 0 Å². The highest BCUT2D eigenvalue weighted by Gasteiger charge is 2.25. The van der Waals surface area contributed by atoms with Gasteiger partial charge < -0.3 is 15.4 Å². The van der Waals surface area contributed by atoms with Crippen molar-refractivity contribution in [3.8, 4) is 5.75 Å². The van der Waals surface area contributed by atoms with Crippen LogP contribution in [0.15, 0.2) is 66.0 Å². The van der Waals surface area contributed by atoms with E-state index in [1.807, 2.05) is 41.8 Å². The standard InChI is InChI=1S/C27H31N3O3S/c1-33-24-9-4-3-8-22(24)23(30-15-5-2-6-16-30)19-29-26(31)21-13-11-20(12-14-21)18-28-27(32)25-10-7-17-34-25/h3-4,7-14,17,23H,2,5-6,15-16,18-19H2,1H3,(H,28,32)(H,29,31). The molecule has 7 heteroatoms. The number of amides is 2. The van der Waals surface area contributed by atoms with Gasteiger partial charge in [-0.1, -0.05) is 42.8 Å². The molecule has 0 radical (unpaired) electrons. The number of carbonyl (C=O) groups excluding carboxylic acids is 2. The number of carbonyl (C=O) groups is 2. The van der Waals surface area contributed by atoms with E-state index >= 15 is 0 Å². The molecule has 1 fully saturated rings. The molecule has 6 nitrogen and oxygen atoms in total. The monoisotopic (exact) mass is 477 g/mol. The number of thiophene rings is 1. The molecule has 1 saturated heterocycles. The van der Waals surface area contributed by atoms with Crippen molar-refractivity contribution in [2.75, 3.05) is 26.7 Å². The molecule has 2 amide bonds. The number of piperidine rings is 1. The Morgan fingerprint density at radius 3 is 2.41 bits per heavy atom. The highest BCUT2D eigenvalue weighted by molar-refractivity contribution is 7.12. The molecule has 0 aliphatic carbocycles. The zero-order valence-electron chi connectivity index (χ0n) is 19.5. The zero-order valence-corrected chi connectivity index (χ0v) is 20.3. The van der Waals surface area contributed by atoms with Crippen LogP contribution in [0.4, 0.5) is 0 Å². The molecule has 0 saturated carbocycles. The maximum absolute atomic E-state index is 12.9. The largest absolute Gasteiger partial charge is 0.496 e. The van der Waals surface area contributed by atoms with Crippen molar-refractivity contribution >= 4 is 23.2 Å². The van der Waals surface area contributed by atoms with Crippen LogP contribution in [0.2, 0.25) is 0 Å². The second-order valence-electron chi connectivity index (χ2n) is 8.42. The minimum Gasteiger partial charge on any atom is -0.496 e. The lowest BCUT2D eigenvalue weighted by Gasteiger charge is -2.35. The number of nitrogens with zero attached hydrogens (tertiary/aromatic N) is 1. The molecule has 0 bridgehead atoms. The van der Waals surface area contributed by atoms with Crippen molar-refractivity contribution in [2.24, 2.45) is 0 Å². The van der Waals surface area contributed by atoms with Crippen molar-refractivity contribution in [1.82, 2.24) is 15.5 Å². The van der Waals surface area contributed by atoms with Gasteiger partial charge in [0.2, 0.25) is 0 Å². The normalized spacial score (nSPS) is 14.9. The maximum Gasteiger partial charge on any atom is 0.261 e. The molecule has 1 unspecified atom stereocenters. The van der Waals surface area contributed by atoms with E-state index in [-0.39, 0.29) is 17.9 Å². The summed E-state index contributed by atoms with van der Waals surface area (Å²) in [6.07, 6.45) is 3.59. The molecule has 2 heterocycles. The van der Waals surface area contributed by atoms with Gasteiger partial charge in [0.1, 0.15) is 5.75 Å². The van der Waals surface area contributed by atoms with Gasteiger partial charge in [0, 0.05) is 24.2 Å². The summed E-state index contributed by atoms with van der Waals surface area (Å²) in [4.78, 5) is 28.2. The summed E-state index contributed by atoms with van der Waals surface area (Å²) in [5.74, 6) is 0.657. The molecule has 2 aromatic carbocycles. The van der Waals surface area contributed by atoms with Gasteiger partial charge in [-0.25, -0.2) is 0 Å². The molecular formula is C27H31N3O3S. The lowest BCUT2D eigenvalue weighted by molar-refractivity contribution is 0.0921. The first-order valence-corrected chi connectivity index (χ1v) is 12.6. The van der Waals surface area contributed by atoms with Crippen LogP contribution in [0.3, 0.4) is 0 Å². The summed E-state index contributed by atoms with van der Waals surface area (Å²) < 4.78 is 5.62. The van der Waals surface area contributed by atoms with Crippen molar-refractivity contribution in [1.29, 1.82) is 0 Å². The Kier molecular flexibility index (Phi) is 8.33. The van der Waals surface area contributed by atoms with Crippen molar-refractivity contribution in [3.63, 3.8) is 0 Å². The smallest absolute Gasteiger partial charge is 0.261 e. The fourth-order valence-electron chi connectivity index (χ4n) is 4.35. The fraction of sp³-hybridized carbons (Fsp3) is 0.333. The summed E-state index contributed by atoms with van der Waals surface area (Å²) >= 11 is 1.41. The number of rotatable bonds is 9. The second kappa shape index (κ2) is 11.8. The first-order chi connectivity index (χ1) is 16.7. The minimum atomic E-state index is -0.105. The van der Waals surface area contributed by atoms with Crippen molar-refractivity contribution < 1.29 is 14.3 Å². The van der Waals surface area contributed by atoms with Gasteiger partial charge in [0.05, 0.1) is 18.0 Å². The molecule has 1 atom stereocenters. The first-order valence-electron chi connectivity index (χ1n) is 11.7. The Hall–Kier alpha value is -3.16. The summed E-state index contributed by atoms with van der Waals surface area (Å²) in [5.41, 5.74) is 2.65. The van der Waals surface area contributed by atoms with E-state index in [1.165, 1.54) is 30.6 Å². The number of para-hydroxylation sites is 1.